The summed E-state index contributed by atoms with van der Waals surface area (Å²) in [4.78, 5) is 29.6. The van der Waals surface area contributed by atoms with Crippen LogP contribution in [0.2, 0.25) is 5.02 Å². The van der Waals surface area contributed by atoms with Crippen LogP contribution in [0.1, 0.15) is 50.7 Å². The number of anilines is 1. The molecule has 0 aromatic heterocycles. The Morgan fingerprint density at radius 2 is 1.96 bits per heavy atom. The number of amides is 2. The topological polar surface area (TPSA) is 114 Å². The third-order valence-corrected chi connectivity index (χ3v) is 12.5. The van der Waals surface area contributed by atoms with E-state index in [1.807, 2.05) is 18.2 Å². The SMILES string of the molecule is CC1(C)OCC=C[C@H](OCC(=O)N2CC(F)C2)[C@@H]2CC[C@H]2CN2C[C@@]3(CCCc4cc(Cl)ccc43)COc3ccc(cc32)S(=O)(=O)NC1=O. The van der Waals surface area contributed by atoms with Crippen molar-refractivity contribution in [1.29, 1.82) is 0 Å². The van der Waals surface area contributed by atoms with Gasteiger partial charge in [0.05, 0.1) is 43.0 Å². The van der Waals surface area contributed by atoms with Gasteiger partial charge in [0.25, 0.3) is 15.9 Å². The zero-order valence-corrected chi connectivity index (χ0v) is 29.4. The number of nitrogens with zero attached hydrogens (tertiary/aromatic N) is 2. The molecular weight excluding hydrogens is 673 g/mol. The number of likely N-dealkylation sites (tertiary alicyclic amines) is 1. The van der Waals surface area contributed by atoms with Gasteiger partial charge in [-0.25, -0.2) is 17.5 Å². The maximum absolute atomic E-state index is 13.6. The number of carbonyl (C=O) groups is 2. The minimum Gasteiger partial charge on any atom is -0.490 e. The zero-order valence-electron chi connectivity index (χ0n) is 27.8. The Morgan fingerprint density at radius 1 is 1.14 bits per heavy atom. The number of aryl methyl sites for hydroxylation is 1. The van der Waals surface area contributed by atoms with E-state index in [2.05, 4.69) is 15.7 Å². The summed E-state index contributed by atoms with van der Waals surface area (Å²) in [6.07, 6.45) is 6.78. The molecule has 2 fully saturated rings. The number of fused-ring (bicyclic) bond motifs is 4. The number of rotatable bonds is 3. The smallest absolute Gasteiger partial charge is 0.265 e. The number of nitrogens with one attached hydrogen (secondary N) is 1. The van der Waals surface area contributed by atoms with E-state index < -0.39 is 33.8 Å². The number of hydrogen-bond acceptors (Lipinski definition) is 8. The molecule has 2 aromatic rings. The number of hydrogen-bond donors (Lipinski definition) is 1. The van der Waals surface area contributed by atoms with Crippen molar-refractivity contribution in [2.75, 3.05) is 50.9 Å². The molecule has 2 aromatic carbocycles. The molecule has 13 heteroatoms. The first-order chi connectivity index (χ1) is 23.3. The van der Waals surface area contributed by atoms with Crippen molar-refractivity contribution in [3.8, 4) is 5.75 Å². The van der Waals surface area contributed by atoms with E-state index in [0.29, 0.717) is 36.2 Å². The summed E-state index contributed by atoms with van der Waals surface area (Å²) in [6, 6.07) is 10.8. The van der Waals surface area contributed by atoms with Gasteiger partial charge >= 0.3 is 0 Å². The lowest BCUT2D eigenvalue weighted by atomic mass is 9.68. The van der Waals surface area contributed by atoms with Gasteiger partial charge < -0.3 is 24.0 Å². The number of sulfonamides is 1. The Hall–Kier alpha value is -3.19. The third-order valence-electron chi connectivity index (χ3n) is 10.9. The van der Waals surface area contributed by atoms with Gasteiger partial charge in [0.1, 0.15) is 24.1 Å². The highest BCUT2D eigenvalue weighted by Crippen LogP contribution is 2.47. The van der Waals surface area contributed by atoms with Gasteiger partial charge in [-0.15, -0.1) is 0 Å². The molecule has 4 atom stereocenters. The van der Waals surface area contributed by atoms with E-state index in [-0.39, 0.29) is 54.4 Å². The second-order valence-corrected chi connectivity index (χ2v) is 16.7. The summed E-state index contributed by atoms with van der Waals surface area (Å²) in [6.45, 7) is 4.66. The number of alkyl halides is 1. The van der Waals surface area contributed by atoms with Crippen molar-refractivity contribution >= 4 is 39.1 Å². The van der Waals surface area contributed by atoms with Crippen LogP contribution in [0.5, 0.6) is 5.75 Å². The number of benzene rings is 2. The first kappa shape index (κ1) is 34.3. The average Bonchev–Trinajstić information content (AvgIpc) is 3.18. The lowest BCUT2D eigenvalue weighted by Crippen LogP contribution is -2.53. The predicted molar refractivity (Wildman–Crippen MR) is 182 cm³/mol. The summed E-state index contributed by atoms with van der Waals surface area (Å²) in [5.41, 5.74) is 1.21. The van der Waals surface area contributed by atoms with E-state index >= 15 is 0 Å². The van der Waals surface area contributed by atoms with Gasteiger partial charge in [-0.05, 0) is 99.2 Å². The monoisotopic (exact) mass is 715 g/mol. The Balaban J connectivity index is 1.25. The van der Waals surface area contributed by atoms with E-state index in [1.54, 1.807) is 18.2 Å². The van der Waals surface area contributed by atoms with Crippen LogP contribution in [-0.4, -0.2) is 89.0 Å². The van der Waals surface area contributed by atoms with E-state index in [0.717, 1.165) is 32.1 Å². The van der Waals surface area contributed by atoms with Gasteiger partial charge in [-0.1, -0.05) is 29.8 Å². The Morgan fingerprint density at radius 3 is 2.71 bits per heavy atom. The predicted octanol–water partition coefficient (Wildman–Crippen LogP) is 4.57. The van der Waals surface area contributed by atoms with Crippen LogP contribution in [0.4, 0.5) is 10.1 Å². The first-order valence-corrected chi connectivity index (χ1v) is 18.9. The van der Waals surface area contributed by atoms with Crippen LogP contribution >= 0.6 is 11.6 Å². The van der Waals surface area contributed by atoms with Gasteiger partial charge in [0.2, 0.25) is 5.91 Å². The fourth-order valence-corrected chi connectivity index (χ4v) is 9.14. The molecular formula is C36H43ClFN3O7S. The largest absolute Gasteiger partial charge is 0.490 e. The molecule has 3 heterocycles. The van der Waals surface area contributed by atoms with Gasteiger partial charge in [-0.2, -0.15) is 0 Å². The van der Waals surface area contributed by atoms with Crippen LogP contribution in [0.3, 0.4) is 0 Å². The van der Waals surface area contributed by atoms with Crippen LogP contribution in [-0.2, 0) is 40.9 Å². The van der Waals surface area contributed by atoms with Gasteiger partial charge in [-0.3, -0.25) is 9.59 Å². The third kappa shape index (κ3) is 6.81. The molecule has 1 saturated heterocycles. The first-order valence-electron chi connectivity index (χ1n) is 17.1. The van der Waals surface area contributed by atoms with Crippen LogP contribution in [0.15, 0.2) is 53.4 Å². The molecule has 7 rings (SSSR count). The summed E-state index contributed by atoms with van der Waals surface area (Å²) < 4.78 is 61.5. The Labute approximate surface area is 291 Å². The fourth-order valence-electron chi connectivity index (χ4n) is 7.82. The fraction of sp³-hybridized carbons (Fsp3) is 0.556. The maximum atomic E-state index is 13.6. The Bertz CT molecular complexity index is 1760. The second-order valence-electron chi connectivity index (χ2n) is 14.6. The molecule has 2 amide bonds. The van der Waals surface area contributed by atoms with E-state index in [1.165, 1.54) is 35.9 Å². The lowest BCUT2D eigenvalue weighted by Gasteiger charge is -2.46. The molecule has 0 radical (unpaired) electrons. The standard InChI is InChI=1S/C36H43ClFN3O7S/c1-35(2)34(43)39-49(44,45)27-9-12-32-30(16-27)41(21-36(22-47-32)13-3-5-23-15-25(37)8-11-29(23)36)17-24-7-10-28(24)31(6-4-14-48-35)46-20-33(42)40-18-26(38)19-40/h4,6,8-9,11-12,15-16,24,26,28,31H,3,5,7,10,13-14,17-22H2,1-2H3,(H,39,43)/t24-,28+,31-,36-/m0/s1. The van der Waals surface area contributed by atoms with Crippen molar-refractivity contribution < 1.29 is 36.6 Å². The van der Waals surface area contributed by atoms with Crippen LogP contribution in [0.25, 0.3) is 0 Å². The summed E-state index contributed by atoms with van der Waals surface area (Å²) in [5, 5.41) is 0.692. The van der Waals surface area contributed by atoms with E-state index in [4.69, 9.17) is 25.8 Å². The van der Waals surface area contributed by atoms with Crippen molar-refractivity contribution in [2.45, 2.75) is 74.1 Å². The molecule has 264 valence electrons. The summed E-state index contributed by atoms with van der Waals surface area (Å²) in [5.74, 6) is -0.254. The van der Waals surface area contributed by atoms with Crippen molar-refractivity contribution in [1.82, 2.24) is 9.62 Å². The van der Waals surface area contributed by atoms with Gasteiger partial charge in [0, 0.05) is 23.5 Å². The number of ether oxygens (including phenoxy) is 3. The normalized spacial score (nSPS) is 29.4. The van der Waals surface area contributed by atoms with E-state index in [9.17, 15) is 22.4 Å². The second kappa shape index (κ2) is 13.2. The Kier molecular flexibility index (Phi) is 9.21. The highest BCUT2D eigenvalue weighted by Gasteiger charge is 2.45. The number of halogens is 2. The molecule has 2 bridgehead atoms. The summed E-state index contributed by atoms with van der Waals surface area (Å²) in [7, 11) is -4.25. The molecule has 0 unspecified atom stereocenters. The average molecular weight is 716 g/mol. The molecule has 2 aliphatic carbocycles. The van der Waals surface area contributed by atoms with Crippen LogP contribution in [0, 0.1) is 11.8 Å². The highest BCUT2D eigenvalue weighted by molar-refractivity contribution is 7.90. The molecule has 1 N–H and O–H groups in total. The van der Waals surface area contributed by atoms with Crippen molar-refractivity contribution in [3.63, 3.8) is 0 Å². The summed E-state index contributed by atoms with van der Waals surface area (Å²) >= 11 is 6.42. The highest BCUT2D eigenvalue weighted by atomic mass is 35.5. The molecule has 49 heavy (non-hydrogen) atoms. The molecule has 10 nitrogen and oxygen atoms in total. The zero-order chi connectivity index (χ0) is 34.6. The van der Waals surface area contributed by atoms with Crippen molar-refractivity contribution in [2.24, 2.45) is 11.8 Å². The van der Waals surface area contributed by atoms with Gasteiger partial charge in [0.15, 0.2) is 0 Å². The molecule has 5 aliphatic rings. The maximum Gasteiger partial charge on any atom is 0.265 e. The van der Waals surface area contributed by atoms with Crippen LogP contribution < -0.4 is 14.4 Å². The minimum atomic E-state index is -4.25. The van der Waals surface area contributed by atoms with Crippen molar-refractivity contribution in [3.05, 3.63) is 64.7 Å². The number of carbonyl (C=O) groups excluding carboxylic acids is 2. The molecule has 1 saturated carbocycles. The quantitative estimate of drug-likeness (QED) is 0.460. The lowest BCUT2D eigenvalue weighted by molar-refractivity contribution is -0.146. The minimum absolute atomic E-state index is 0.0234. The molecule has 3 aliphatic heterocycles. The molecule has 1 spiro atoms.